The number of rotatable bonds is 3. The van der Waals surface area contributed by atoms with Crippen LogP contribution in [0, 0.1) is 6.92 Å². The molecule has 0 amide bonds. The van der Waals surface area contributed by atoms with Gasteiger partial charge in [0.25, 0.3) is 0 Å². The van der Waals surface area contributed by atoms with E-state index in [1.165, 1.54) is 11.8 Å². The topological polar surface area (TPSA) is 118 Å². The lowest BCUT2D eigenvalue weighted by molar-refractivity contribution is 0.928. The fourth-order valence-electron chi connectivity index (χ4n) is 1.51. The highest BCUT2D eigenvalue weighted by Gasteiger charge is 2.11. The van der Waals surface area contributed by atoms with Crippen LogP contribution in [0.15, 0.2) is 28.6 Å². The zero-order valence-corrected chi connectivity index (χ0v) is 10.8. The third-order valence-corrected chi connectivity index (χ3v) is 3.25. The highest BCUT2D eigenvalue weighted by atomic mass is 32.2. The molecule has 0 saturated heterocycles. The Hall–Kier alpha value is -2.26. The summed E-state index contributed by atoms with van der Waals surface area (Å²) in [5.74, 6) is 5.66. The molecule has 3 rings (SSSR count). The minimum atomic E-state index is 0.312. The average Bonchev–Trinajstić information content (AvgIpc) is 2.87. The van der Waals surface area contributed by atoms with Crippen molar-refractivity contribution >= 4 is 28.7 Å². The molecular formula is C10H10N8S. The highest BCUT2D eigenvalue weighted by Crippen LogP contribution is 2.29. The van der Waals surface area contributed by atoms with E-state index in [0.717, 1.165) is 11.1 Å². The Morgan fingerprint density at radius 2 is 2.21 bits per heavy atom. The maximum Gasteiger partial charge on any atom is 0.240 e. The number of nitrogens with one attached hydrogen (secondary N) is 2. The van der Waals surface area contributed by atoms with E-state index in [4.69, 9.17) is 5.84 Å². The predicted molar refractivity (Wildman–Crippen MR) is 70.4 cm³/mol. The van der Waals surface area contributed by atoms with Gasteiger partial charge in [0.2, 0.25) is 5.95 Å². The Kier molecular flexibility index (Phi) is 2.97. The lowest BCUT2D eigenvalue weighted by Gasteiger charge is -2.04. The van der Waals surface area contributed by atoms with Crippen molar-refractivity contribution in [3.63, 3.8) is 0 Å². The minimum absolute atomic E-state index is 0.312. The van der Waals surface area contributed by atoms with Crippen LogP contribution in [0.5, 0.6) is 0 Å². The van der Waals surface area contributed by atoms with Crippen LogP contribution in [-0.2, 0) is 0 Å². The summed E-state index contributed by atoms with van der Waals surface area (Å²) >= 11 is 1.34. The number of aryl methyl sites for hydroxylation is 1. The molecule has 0 aliphatic rings. The van der Waals surface area contributed by atoms with Crippen LogP contribution >= 0.6 is 11.8 Å². The second kappa shape index (κ2) is 4.78. The molecule has 0 aromatic carbocycles. The van der Waals surface area contributed by atoms with Gasteiger partial charge < -0.3 is 0 Å². The number of anilines is 1. The molecule has 0 atom stereocenters. The molecule has 0 spiro atoms. The number of aromatic nitrogens is 6. The van der Waals surface area contributed by atoms with E-state index in [9.17, 15) is 0 Å². The predicted octanol–water partition coefficient (Wildman–Crippen LogP) is 0.888. The van der Waals surface area contributed by atoms with Gasteiger partial charge in [-0.3, -0.25) is 10.5 Å². The van der Waals surface area contributed by atoms with E-state index < -0.39 is 0 Å². The third kappa shape index (κ3) is 2.33. The average molecular weight is 274 g/mol. The lowest BCUT2D eigenvalue weighted by Crippen LogP contribution is -2.10. The smallest absolute Gasteiger partial charge is 0.240 e. The second-order valence-electron chi connectivity index (χ2n) is 3.71. The first kappa shape index (κ1) is 11.8. The fraction of sp³-hybridized carbons (Fsp3) is 0.100. The van der Waals surface area contributed by atoms with Crippen LogP contribution in [0.25, 0.3) is 11.0 Å². The van der Waals surface area contributed by atoms with Gasteiger partial charge in [0, 0.05) is 11.9 Å². The first-order valence-electron chi connectivity index (χ1n) is 5.41. The van der Waals surface area contributed by atoms with Crippen molar-refractivity contribution in [2.75, 3.05) is 5.43 Å². The maximum absolute atomic E-state index is 5.35. The van der Waals surface area contributed by atoms with Gasteiger partial charge in [-0.05, 0) is 24.8 Å². The van der Waals surface area contributed by atoms with E-state index in [-0.39, 0.29) is 0 Å². The second-order valence-corrected chi connectivity index (χ2v) is 4.67. The molecule has 96 valence electrons. The van der Waals surface area contributed by atoms with Crippen molar-refractivity contribution in [3.8, 4) is 0 Å². The first-order chi connectivity index (χ1) is 9.26. The van der Waals surface area contributed by atoms with E-state index in [1.807, 2.05) is 13.0 Å². The highest BCUT2D eigenvalue weighted by molar-refractivity contribution is 7.99. The van der Waals surface area contributed by atoms with E-state index >= 15 is 0 Å². The van der Waals surface area contributed by atoms with E-state index in [0.29, 0.717) is 21.8 Å². The number of hydrogen-bond acceptors (Lipinski definition) is 8. The standard InChI is InChI=1S/C10H10N8S/c1-5-2-3-12-10(14-5)19-8-6-4-13-18-7(6)15-9(16-8)17-11/h2-4H,11H2,1H3,(H2,13,15,16,17,18). The van der Waals surface area contributed by atoms with Crippen molar-refractivity contribution < 1.29 is 0 Å². The molecule has 0 bridgehead atoms. The van der Waals surface area contributed by atoms with Gasteiger partial charge in [-0.1, -0.05) is 0 Å². The molecule has 3 aromatic heterocycles. The van der Waals surface area contributed by atoms with Crippen molar-refractivity contribution in [2.45, 2.75) is 17.1 Å². The van der Waals surface area contributed by atoms with Crippen molar-refractivity contribution in [1.82, 2.24) is 30.1 Å². The van der Waals surface area contributed by atoms with Gasteiger partial charge in [0.1, 0.15) is 5.03 Å². The lowest BCUT2D eigenvalue weighted by atomic mass is 10.4. The molecule has 4 N–H and O–H groups in total. The Balaban J connectivity index is 2.06. The Labute approximate surface area is 112 Å². The summed E-state index contributed by atoms with van der Waals surface area (Å²) in [6.45, 7) is 1.91. The number of fused-ring (bicyclic) bond motifs is 1. The number of nitrogen functional groups attached to an aromatic ring is 1. The van der Waals surface area contributed by atoms with Crippen LogP contribution in [0.2, 0.25) is 0 Å². The van der Waals surface area contributed by atoms with Crippen LogP contribution in [0.3, 0.4) is 0 Å². The molecule has 3 aromatic rings. The van der Waals surface area contributed by atoms with Crippen LogP contribution in [-0.4, -0.2) is 30.1 Å². The zero-order valence-electron chi connectivity index (χ0n) is 9.95. The molecule has 0 saturated carbocycles. The summed E-state index contributed by atoms with van der Waals surface area (Å²) in [6.07, 6.45) is 3.37. The number of hydrazine groups is 1. The minimum Gasteiger partial charge on any atom is -0.292 e. The third-order valence-electron chi connectivity index (χ3n) is 2.36. The Morgan fingerprint density at radius 3 is 3.00 bits per heavy atom. The molecule has 0 unspecified atom stereocenters. The van der Waals surface area contributed by atoms with Gasteiger partial charge in [-0.2, -0.15) is 10.1 Å². The SMILES string of the molecule is Cc1ccnc(Sc2nc(NN)nc3[nH]ncc23)n1. The summed E-state index contributed by atoms with van der Waals surface area (Å²) in [5.41, 5.74) is 3.93. The van der Waals surface area contributed by atoms with Gasteiger partial charge in [0.05, 0.1) is 11.6 Å². The molecule has 19 heavy (non-hydrogen) atoms. The van der Waals surface area contributed by atoms with Gasteiger partial charge in [-0.15, -0.1) is 0 Å². The Bertz CT molecular complexity index is 724. The van der Waals surface area contributed by atoms with Crippen LogP contribution in [0.1, 0.15) is 5.69 Å². The number of H-pyrrole nitrogens is 1. The first-order valence-corrected chi connectivity index (χ1v) is 6.23. The molecule has 0 radical (unpaired) electrons. The number of hydrogen-bond donors (Lipinski definition) is 3. The van der Waals surface area contributed by atoms with Gasteiger partial charge in [0.15, 0.2) is 10.8 Å². The number of aromatic amines is 1. The normalized spacial score (nSPS) is 10.8. The Morgan fingerprint density at radius 1 is 1.32 bits per heavy atom. The number of nitrogens with zero attached hydrogens (tertiary/aromatic N) is 5. The molecule has 8 nitrogen and oxygen atoms in total. The molecule has 0 aliphatic heterocycles. The molecule has 3 heterocycles. The van der Waals surface area contributed by atoms with Gasteiger partial charge in [-0.25, -0.2) is 20.8 Å². The van der Waals surface area contributed by atoms with Crippen molar-refractivity contribution in [2.24, 2.45) is 5.84 Å². The quantitative estimate of drug-likeness (QED) is 0.279. The summed E-state index contributed by atoms with van der Waals surface area (Å²) in [6, 6.07) is 1.84. The monoisotopic (exact) mass is 274 g/mol. The van der Waals surface area contributed by atoms with Crippen LogP contribution in [0.4, 0.5) is 5.95 Å². The summed E-state index contributed by atoms with van der Waals surface area (Å²) < 4.78 is 0. The molecule has 9 heteroatoms. The molecule has 0 aliphatic carbocycles. The summed E-state index contributed by atoms with van der Waals surface area (Å²) in [7, 11) is 0. The zero-order chi connectivity index (χ0) is 13.2. The van der Waals surface area contributed by atoms with Crippen molar-refractivity contribution in [1.29, 1.82) is 0 Å². The summed E-state index contributed by atoms with van der Waals surface area (Å²) in [4.78, 5) is 17.0. The fourth-order valence-corrected chi connectivity index (χ4v) is 2.38. The largest absolute Gasteiger partial charge is 0.292 e. The maximum atomic E-state index is 5.35. The van der Waals surface area contributed by atoms with Crippen molar-refractivity contribution in [3.05, 3.63) is 24.2 Å². The van der Waals surface area contributed by atoms with E-state index in [1.54, 1.807) is 12.4 Å². The van der Waals surface area contributed by atoms with Gasteiger partial charge >= 0.3 is 0 Å². The summed E-state index contributed by atoms with van der Waals surface area (Å²) in [5, 5.41) is 8.83. The van der Waals surface area contributed by atoms with E-state index in [2.05, 4.69) is 35.6 Å². The van der Waals surface area contributed by atoms with Crippen LogP contribution < -0.4 is 11.3 Å². The molecule has 0 fully saturated rings. The number of nitrogens with two attached hydrogens (primary N) is 1. The molecular weight excluding hydrogens is 264 g/mol.